The van der Waals surface area contributed by atoms with Crippen LogP contribution in [0, 0.1) is 18.6 Å². The Balaban J connectivity index is 1.58. The van der Waals surface area contributed by atoms with Gasteiger partial charge in [-0.05, 0) is 32.0 Å². The average Bonchev–Trinajstić information content (AvgIpc) is 3.25. The molecule has 0 saturated heterocycles. The molecule has 0 aliphatic rings. The van der Waals surface area contributed by atoms with Crippen LogP contribution in [-0.2, 0) is 17.9 Å². The van der Waals surface area contributed by atoms with Gasteiger partial charge >= 0.3 is 0 Å². The van der Waals surface area contributed by atoms with Crippen molar-refractivity contribution in [1.82, 2.24) is 24.7 Å². The lowest BCUT2D eigenvalue weighted by molar-refractivity contribution is 0.181. The second kappa shape index (κ2) is 10.9. The lowest BCUT2D eigenvalue weighted by Gasteiger charge is -2.10. The van der Waals surface area contributed by atoms with Crippen molar-refractivity contribution in [3.8, 4) is 17.3 Å². The number of hydrogen-bond acceptors (Lipinski definition) is 7. The van der Waals surface area contributed by atoms with E-state index in [1.165, 1.54) is 12.1 Å². The van der Waals surface area contributed by atoms with Crippen molar-refractivity contribution in [3.63, 3.8) is 0 Å². The van der Waals surface area contributed by atoms with Gasteiger partial charge in [0.05, 0.1) is 31.0 Å². The van der Waals surface area contributed by atoms with E-state index in [-0.39, 0.29) is 24.5 Å². The van der Waals surface area contributed by atoms with Crippen LogP contribution in [-0.4, -0.2) is 38.4 Å². The number of nitrogens with one attached hydrogen (secondary N) is 1. The van der Waals surface area contributed by atoms with E-state index in [1.54, 1.807) is 31.0 Å². The Morgan fingerprint density at radius 1 is 1.00 bits per heavy atom. The van der Waals surface area contributed by atoms with Crippen molar-refractivity contribution in [2.24, 2.45) is 0 Å². The molecule has 0 spiro atoms. The summed E-state index contributed by atoms with van der Waals surface area (Å²) in [7, 11) is 1.59. The number of para-hydroxylation sites is 1. The Morgan fingerprint density at radius 3 is 2.53 bits per heavy atom. The fourth-order valence-electron chi connectivity index (χ4n) is 4.20. The number of pyridine rings is 1. The SMILES string of the molecule is CCOc1cc(F)c(Cn2nc(-c3nc(COC)cc(Nc4ccnc(C)c4)n3)c3ccccc32)c(F)c1. The lowest BCUT2D eigenvalue weighted by Crippen LogP contribution is -2.08. The number of rotatable bonds is 9. The molecule has 0 bridgehead atoms. The Bertz CT molecular complexity index is 1580. The summed E-state index contributed by atoms with van der Waals surface area (Å²) < 4.78 is 41.9. The van der Waals surface area contributed by atoms with Crippen LogP contribution in [0.4, 0.5) is 20.3 Å². The molecule has 3 aromatic heterocycles. The van der Waals surface area contributed by atoms with E-state index in [9.17, 15) is 8.78 Å². The van der Waals surface area contributed by atoms with Gasteiger partial charge in [0.2, 0.25) is 0 Å². The second-order valence-electron chi connectivity index (χ2n) is 8.63. The molecule has 0 aliphatic carbocycles. The quantitative estimate of drug-likeness (QED) is 0.264. The Labute approximate surface area is 218 Å². The van der Waals surface area contributed by atoms with Gasteiger partial charge in [0.25, 0.3) is 0 Å². The molecule has 2 aromatic carbocycles. The molecule has 8 nitrogen and oxygen atoms in total. The smallest absolute Gasteiger partial charge is 0.183 e. The van der Waals surface area contributed by atoms with Gasteiger partial charge in [-0.3, -0.25) is 9.67 Å². The van der Waals surface area contributed by atoms with E-state index in [2.05, 4.69) is 15.3 Å². The van der Waals surface area contributed by atoms with Gasteiger partial charge in [0.15, 0.2) is 5.82 Å². The summed E-state index contributed by atoms with van der Waals surface area (Å²) in [4.78, 5) is 13.6. The summed E-state index contributed by atoms with van der Waals surface area (Å²) in [5.74, 6) is -0.352. The summed E-state index contributed by atoms with van der Waals surface area (Å²) in [6, 6.07) is 15.3. The molecule has 3 heterocycles. The Morgan fingerprint density at radius 2 is 1.79 bits per heavy atom. The van der Waals surface area contributed by atoms with Crippen LogP contribution in [0.5, 0.6) is 5.75 Å². The Kier molecular flexibility index (Phi) is 7.23. The van der Waals surface area contributed by atoms with Crippen LogP contribution in [0.25, 0.3) is 22.4 Å². The number of anilines is 2. The monoisotopic (exact) mass is 516 g/mol. The number of ether oxygens (including phenoxy) is 2. The van der Waals surface area contributed by atoms with Crippen molar-refractivity contribution in [2.45, 2.75) is 27.0 Å². The summed E-state index contributed by atoms with van der Waals surface area (Å²) in [6.07, 6.45) is 1.71. The molecule has 0 amide bonds. The maximum Gasteiger partial charge on any atom is 0.183 e. The lowest BCUT2D eigenvalue weighted by atomic mass is 10.1. The first kappa shape index (κ1) is 25.2. The highest BCUT2D eigenvalue weighted by molar-refractivity contribution is 5.91. The minimum atomic E-state index is -0.702. The molecule has 194 valence electrons. The highest BCUT2D eigenvalue weighted by Crippen LogP contribution is 2.29. The van der Waals surface area contributed by atoms with Gasteiger partial charge in [-0.1, -0.05) is 18.2 Å². The van der Waals surface area contributed by atoms with E-state index in [0.29, 0.717) is 35.2 Å². The first-order valence-corrected chi connectivity index (χ1v) is 12.1. The number of halogens is 2. The van der Waals surface area contributed by atoms with E-state index in [1.807, 2.05) is 43.3 Å². The number of hydrogen-bond donors (Lipinski definition) is 1. The predicted molar refractivity (Wildman–Crippen MR) is 140 cm³/mol. The summed E-state index contributed by atoms with van der Waals surface area (Å²) in [6.45, 7) is 4.11. The minimum absolute atomic E-state index is 0.113. The van der Waals surface area contributed by atoms with E-state index in [0.717, 1.165) is 16.8 Å². The molecule has 38 heavy (non-hydrogen) atoms. The average molecular weight is 517 g/mol. The summed E-state index contributed by atoms with van der Waals surface area (Å²) in [5, 5.41) is 8.74. The zero-order valence-electron chi connectivity index (χ0n) is 21.2. The van der Waals surface area contributed by atoms with Crippen LogP contribution in [0.15, 0.2) is 60.8 Å². The number of aryl methyl sites for hydroxylation is 1. The highest BCUT2D eigenvalue weighted by Gasteiger charge is 2.19. The van der Waals surface area contributed by atoms with Crippen molar-refractivity contribution in [3.05, 3.63) is 89.4 Å². The van der Waals surface area contributed by atoms with Crippen LogP contribution < -0.4 is 10.1 Å². The highest BCUT2D eigenvalue weighted by atomic mass is 19.1. The number of methoxy groups -OCH3 is 1. The molecule has 0 atom stereocenters. The third kappa shape index (κ3) is 5.30. The van der Waals surface area contributed by atoms with Gasteiger partial charge in [-0.15, -0.1) is 0 Å². The summed E-state index contributed by atoms with van der Waals surface area (Å²) in [5.41, 5.74) is 3.39. The van der Waals surface area contributed by atoms with Gasteiger partial charge in [-0.25, -0.2) is 18.7 Å². The molecule has 0 unspecified atom stereocenters. The number of nitrogens with zero attached hydrogens (tertiary/aromatic N) is 5. The van der Waals surface area contributed by atoms with Gasteiger partial charge in [-0.2, -0.15) is 5.10 Å². The predicted octanol–water partition coefficient (Wildman–Crippen LogP) is 5.81. The largest absolute Gasteiger partial charge is 0.494 e. The number of fused-ring (bicyclic) bond motifs is 1. The first-order chi connectivity index (χ1) is 18.4. The van der Waals surface area contributed by atoms with Crippen molar-refractivity contribution < 1.29 is 18.3 Å². The maximum atomic E-state index is 14.9. The molecular formula is C28H26F2N6O2. The van der Waals surface area contributed by atoms with E-state index < -0.39 is 11.6 Å². The molecular weight excluding hydrogens is 490 g/mol. The normalized spacial score (nSPS) is 11.2. The molecule has 5 aromatic rings. The molecule has 0 saturated carbocycles. The standard InChI is InChI=1S/C28H26F2N6O2/c1-4-38-20-13-23(29)22(24(30)14-20)15-36-25-8-6-5-7-21(25)27(35-36)28-33-19(16-37-3)12-26(34-28)32-18-9-10-31-17(2)11-18/h5-14H,4,15-16H2,1-3H3,(H,31,32,33,34). The van der Waals surface area contributed by atoms with Crippen LogP contribution >= 0.6 is 0 Å². The molecule has 0 fully saturated rings. The fourth-order valence-corrected chi connectivity index (χ4v) is 4.20. The van der Waals surface area contributed by atoms with Crippen molar-refractivity contribution in [2.75, 3.05) is 19.0 Å². The third-order valence-electron chi connectivity index (χ3n) is 5.84. The van der Waals surface area contributed by atoms with Crippen molar-refractivity contribution >= 4 is 22.4 Å². The van der Waals surface area contributed by atoms with Gasteiger partial charge < -0.3 is 14.8 Å². The van der Waals surface area contributed by atoms with Gasteiger partial charge in [0.1, 0.15) is 28.9 Å². The van der Waals surface area contributed by atoms with Crippen LogP contribution in [0.1, 0.15) is 23.9 Å². The maximum absolute atomic E-state index is 14.9. The van der Waals surface area contributed by atoms with E-state index in [4.69, 9.17) is 19.6 Å². The summed E-state index contributed by atoms with van der Waals surface area (Å²) >= 11 is 0. The molecule has 0 radical (unpaired) electrons. The Hall–Kier alpha value is -4.44. The topological polar surface area (TPSA) is 87.0 Å². The molecule has 5 rings (SSSR count). The van der Waals surface area contributed by atoms with Gasteiger partial charge in [0, 0.05) is 53.8 Å². The first-order valence-electron chi connectivity index (χ1n) is 12.1. The van der Waals surface area contributed by atoms with Crippen molar-refractivity contribution in [1.29, 1.82) is 0 Å². The molecule has 1 N–H and O–H groups in total. The zero-order chi connectivity index (χ0) is 26.6. The number of benzene rings is 2. The third-order valence-corrected chi connectivity index (χ3v) is 5.84. The van der Waals surface area contributed by atoms with Crippen LogP contribution in [0.2, 0.25) is 0 Å². The number of aromatic nitrogens is 5. The molecule has 10 heteroatoms. The molecule has 0 aliphatic heterocycles. The zero-order valence-corrected chi connectivity index (χ0v) is 21.2. The second-order valence-corrected chi connectivity index (χ2v) is 8.63. The van der Waals surface area contributed by atoms with Crippen LogP contribution in [0.3, 0.4) is 0 Å². The van der Waals surface area contributed by atoms with E-state index >= 15 is 0 Å². The fraction of sp³-hybridized carbons (Fsp3) is 0.214. The minimum Gasteiger partial charge on any atom is -0.494 e.